The first-order chi connectivity index (χ1) is 17.3. The quantitative estimate of drug-likeness (QED) is 0.295. The molecule has 0 spiro atoms. The monoisotopic (exact) mass is 494 g/mol. The highest BCUT2D eigenvalue weighted by molar-refractivity contribution is 6.03. The fraction of sp³-hybridized carbons (Fsp3) is 0.0435. The molecule has 0 fully saturated rings. The van der Waals surface area contributed by atoms with E-state index in [1.165, 1.54) is 24.8 Å². The van der Waals surface area contributed by atoms with Gasteiger partial charge in [-0.05, 0) is 42.5 Å². The molecule has 1 aromatic carbocycles. The highest BCUT2D eigenvalue weighted by Crippen LogP contribution is 2.31. The number of anilines is 3. The van der Waals surface area contributed by atoms with Crippen molar-refractivity contribution in [1.82, 2.24) is 29.9 Å². The number of halogens is 4. The molecule has 0 aliphatic heterocycles. The fourth-order valence-electron chi connectivity index (χ4n) is 3.40. The number of aromatic amines is 1. The van der Waals surface area contributed by atoms with Crippen molar-refractivity contribution in [3.8, 4) is 11.3 Å². The number of aromatic nitrogens is 6. The van der Waals surface area contributed by atoms with E-state index in [2.05, 4.69) is 40.5 Å². The van der Waals surface area contributed by atoms with Gasteiger partial charge in [-0.25, -0.2) is 29.3 Å². The van der Waals surface area contributed by atoms with E-state index in [0.717, 1.165) is 24.3 Å². The summed E-state index contributed by atoms with van der Waals surface area (Å²) >= 11 is 0. The lowest BCUT2D eigenvalue weighted by Gasteiger charge is -2.13. The fourth-order valence-corrected chi connectivity index (χ4v) is 3.40. The molecule has 13 heteroatoms. The molecule has 0 atom stereocenters. The summed E-state index contributed by atoms with van der Waals surface area (Å²) in [7, 11) is 0. The summed E-state index contributed by atoms with van der Waals surface area (Å²) in [4.78, 5) is 35.7. The number of carbonyl (C=O) groups is 1. The number of H-pyrrole nitrogens is 1. The van der Waals surface area contributed by atoms with E-state index in [-0.39, 0.29) is 5.69 Å². The summed E-state index contributed by atoms with van der Waals surface area (Å²) < 4.78 is 53.2. The first-order valence-electron chi connectivity index (χ1n) is 10.3. The van der Waals surface area contributed by atoms with Crippen LogP contribution in [0.4, 0.5) is 34.8 Å². The Balaban J connectivity index is 1.43. The van der Waals surface area contributed by atoms with Crippen LogP contribution in [0.2, 0.25) is 0 Å². The minimum atomic E-state index is -4.73. The van der Waals surface area contributed by atoms with Crippen LogP contribution in [0.25, 0.3) is 22.4 Å². The van der Waals surface area contributed by atoms with Gasteiger partial charge in [0.1, 0.15) is 40.6 Å². The molecule has 5 aromatic rings. The van der Waals surface area contributed by atoms with Crippen LogP contribution >= 0.6 is 0 Å². The maximum absolute atomic E-state index is 14.4. The number of benzene rings is 1. The predicted molar refractivity (Wildman–Crippen MR) is 122 cm³/mol. The molecule has 0 bridgehead atoms. The van der Waals surface area contributed by atoms with E-state index in [1.54, 1.807) is 18.3 Å². The third-order valence-electron chi connectivity index (χ3n) is 5.03. The van der Waals surface area contributed by atoms with E-state index in [4.69, 9.17) is 0 Å². The van der Waals surface area contributed by atoms with Crippen LogP contribution in [0, 0.1) is 5.82 Å². The van der Waals surface area contributed by atoms with Crippen molar-refractivity contribution >= 4 is 34.3 Å². The van der Waals surface area contributed by atoms with Gasteiger partial charge in [0.15, 0.2) is 5.65 Å². The van der Waals surface area contributed by atoms with E-state index >= 15 is 0 Å². The lowest BCUT2D eigenvalue weighted by Crippen LogP contribution is -2.17. The Morgan fingerprint density at radius 2 is 1.83 bits per heavy atom. The Labute approximate surface area is 199 Å². The number of imidazole rings is 1. The number of hydrogen-bond donors (Lipinski definition) is 3. The van der Waals surface area contributed by atoms with Crippen LogP contribution in [0.15, 0.2) is 67.4 Å². The number of hydrogen-bond acceptors (Lipinski definition) is 7. The van der Waals surface area contributed by atoms with E-state index in [0.29, 0.717) is 33.9 Å². The van der Waals surface area contributed by atoms with Gasteiger partial charge in [-0.2, -0.15) is 13.2 Å². The third-order valence-corrected chi connectivity index (χ3v) is 5.03. The second kappa shape index (κ2) is 9.02. The Morgan fingerprint density at radius 3 is 2.67 bits per heavy atom. The number of amides is 1. The highest BCUT2D eigenvalue weighted by Gasteiger charge is 2.33. The topological polar surface area (TPSA) is 121 Å². The molecule has 4 aromatic heterocycles. The molecular formula is C23H14F4N8O. The van der Waals surface area contributed by atoms with Crippen molar-refractivity contribution in [2.45, 2.75) is 6.18 Å². The van der Waals surface area contributed by atoms with Crippen molar-refractivity contribution < 1.29 is 22.4 Å². The summed E-state index contributed by atoms with van der Waals surface area (Å²) in [6, 6.07) is 10.1. The maximum atomic E-state index is 14.4. The van der Waals surface area contributed by atoms with E-state index < -0.39 is 29.3 Å². The average molecular weight is 494 g/mol. The van der Waals surface area contributed by atoms with Gasteiger partial charge in [-0.15, -0.1) is 0 Å². The molecule has 36 heavy (non-hydrogen) atoms. The molecule has 1 amide bonds. The zero-order valence-corrected chi connectivity index (χ0v) is 18.0. The van der Waals surface area contributed by atoms with E-state index in [9.17, 15) is 22.4 Å². The normalized spacial score (nSPS) is 11.4. The van der Waals surface area contributed by atoms with Crippen LogP contribution in [0.5, 0.6) is 0 Å². The van der Waals surface area contributed by atoms with Crippen LogP contribution in [0.1, 0.15) is 16.2 Å². The van der Waals surface area contributed by atoms with Gasteiger partial charge in [-0.3, -0.25) is 4.79 Å². The van der Waals surface area contributed by atoms with Crippen LogP contribution in [-0.2, 0) is 6.18 Å². The van der Waals surface area contributed by atoms with Gasteiger partial charge in [0.05, 0.1) is 12.0 Å². The molecule has 180 valence electrons. The summed E-state index contributed by atoms with van der Waals surface area (Å²) in [5, 5.41) is 5.31. The number of alkyl halides is 3. The van der Waals surface area contributed by atoms with Gasteiger partial charge in [0.2, 0.25) is 0 Å². The van der Waals surface area contributed by atoms with E-state index in [1.807, 2.05) is 0 Å². The molecule has 4 heterocycles. The lowest BCUT2D eigenvalue weighted by atomic mass is 10.1. The SMILES string of the molecule is O=C(Nc1cc(Nc2ncccc2-c2ncnc3[nH]cnc23)ccc1F)c1cccc(C(F)(F)F)n1. The van der Waals surface area contributed by atoms with Gasteiger partial charge < -0.3 is 15.6 Å². The van der Waals surface area contributed by atoms with Crippen molar-refractivity contribution in [3.05, 3.63) is 84.6 Å². The minimum Gasteiger partial charge on any atom is -0.340 e. The third kappa shape index (κ3) is 4.53. The summed E-state index contributed by atoms with van der Waals surface area (Å²) in [6.07, 6.45) is -0.322. The maximum Gasteiger partial charge on any atom is 0.433 e. The largest absolute Gasteiger partial charge is 0.433 e. The first kappa shape index (κ1) is 22.8. The number of rotatable bonds is 5. The Bertz CT molecular complexity index is 1580. The van der Waals surface area contributed by atoms with Gasteiger partial charge in [0, 0.05) is 17.4 Å². The van der Waals surface area contributed by atoms with Crippen molar-refractivity contribution in [2.24, 2.45) is 0 Å². The molecule has 9 nitrogen and oxygen atoms in total. The van der Waals surface area contributed by atoms with Crippen molar-refractivity contribution in [3.63, 3.8) is 0 Å². The first-order valence-corrected chi connectivity index (χ1v) is 10.3. The number of pyridine rings is 2. The zero-order chi connectivity index (χ0) is 25.3. The van der Waals surface area contributed by atoms with Crippen LogP contribution in [-0.4, -0.2) is 35.8 Å². The van der Waals surface area contributed by atoms with Crippen molar-refractivity contribution in [2.75, 3.05) is 10.6 Å². The number of nitrogens with zero attached hydrogens (tertiary/aromatic N) is 5. The Hall–Kier alpha value is -4.94. The zero-order valence-electron chi connectivity index (χ0n) is 18.0. The number of carbonyl (C=O) groups excluding carboxylic acids is 1. The number of fused-ring (bicyclic) bond motifs is 1. The van der Waals surface area contributed by atoms with Crippen molar-refractivity contribution in [1.29, 1.82) is 0 Å². The standard InChI is InChI=1S/C23H14F4N8O/c24-14-7-6-12(9-16(14)35-22(36)15-4-1-5-17(34-15)23(25,26)27)33-20-13(3-2-8-28-20)18-19-21(31-10-29-18)32-11-30-19/h1-11H,(H,28,33)(H,35,36)(H,29,30,31,32). The van der Waals surface area contributed by atoms with Crippen LogP contribution in [0.3, 0.4) is 0 Å². The lowest BCUT2D eigenvalue weighted by molar-refractivity contribution is -0.141. The smallest absolute Gasteiger partial charge is 0.340 e. The molecule has 0 saturated heterocycles. The van der Waals surface area contributed by atoms with Gasteiger partial charge in [-0.1, -0.05) is 6.07 Å². The molecule has 0 radical (unpaired) electrons. The summed E-state index contributed by atoms with van der Waals surface area (Å²) in [5.74, 6) is -1.43. The number of nitrogens with one attached hydrogen (secondary N) is 3. The highest BCUT2D eigenvalue weighted by atomic mass is 19.4. The molecule has 0 saturated carbocycles. The second-order valence-corrected chi connectivity index (χ2v) is 7.40. The Morgan fingerprint density at radius 1 is 0.972 bits per heavy atom. The molecule has 5 rings (SSSR count). The summed E-state index contributed by atoms with van der Waals surface area (Å²) in [5.41, 5.74) is 0.474. The van der Waals surface area contributed by atoms with Gasteiger partial charge in [0.25, 0.3) is 5.91 Å². The second-order valence-electron chi connectivity index (χ2n) is 7.40. The molecule has 0 aliphatic rings. The molecule has 0 aliphatic carbocycles. The van der Waals surface area contributed by atoms with Gasteiger partial charge >= 0.3 is 6.18 Å². The minimum absolute atomic E-state index is 0.265. The summed E-state index contributed by atoms with van der Waals surface area (Å²) in [6.45, 7) is 0. The molecular weight excluding hydrogens is 480 g/mol. The average Bonchev–Trinajstić information content (AvgIpc) is 3.35. The molecule has 0 unspecified atom stereocenters. The van der Waals surface area contributed by atoms with Crippen LogP contribution < -0.4 is 10.6 Å². The Kier molecular flexibility index (Phi) is 5.72. The predicted octanol–water partition coefficient (Wildman–Crippen LogP) is 4.96. The molecule has 3 N–H and O–H groups in total.